The molecule has 0 aliphatic heterocycles. The summed E-state index contributed by atoms with van der Waals surface area (Å²) in [5.74, 6) is 6.48. The van der Waals surface area contributed by atoms with Crippen molar-refractivity contribution in [1.29, 1.82) is 0 Å². The zero-order valence-corrected chi connectivity index (χ0v) is 10.9. The van der Waals surface area contributed by atoms with Crippen LogP contribution in [-0.4, -0.2) is 0 Å². The molecule has 80 valence electrons. The number of nitrogens with two attached hydrogens (primary N) is 1. The molecule has 3 N–H and O–H groups in total. The highest BCUT2D eigenvalue weighted by Crippen LogP contribution is 2.24. The van der Waals surface area contributed by atoms with E-state index >= 15 is 0 Å². The standard InChI is InChI=1S/C10H11IN2OS/c11-10-4-7(6-15-10)9(13-12)5-8-2-1-3-14-8/h1-4,6,9,13H,5,12H2. The fourth-order valence-corrected chi connectivity index (χ4v) is 2.84. The van der Waals surface area contributed by atoms with Crippen LogP contribution in [0.3, 0.4) is 0 Å². The van der Waals surface area contributed by atoms with Gasteiger partial charge in [0, 0.05) is 6.42 Å². The molecule has 1 unspecified atom stereocenters. The summed E-state index contributed by atoms with van der Waals surface area (Å²) in [6.07, 6.45) is 2.45. The van der Waals surface area contributed by atoms with Crippen LogP contribution in [0.15, 0.2) is 34.3 Å². The molecular formula is C10H11IN2OS. The Morgan fingerprint density at radius 3 is 3.00 bits per heavy atom. The molecule has 0 saturated heterocycles. The van der Waals surface area contributed by atoms with Gasteiger partial charge < -0.3 is 4.42 Å². The molecule has 0 fully saturated rings. The van der Waals surface area contributed by atoms with Crippen molar-refractivity contribution < 1.29 is 4.42 Å². The van der Waals surface area contributed by atoms with Gasteiger partial charge in [-0.1, -0.05) is 0 Å². The minimum absolute atomic E-state index is 0.121. The zero-order chi connectivity index (χ0) is 10.7. The molecule has 2 rings (SSSR count). The summed E-state index contributed by atoms with van der Waals surface area (Å²) in [6.45, 7) is 0. The largest absolute Gasteiger partial charge is 0.469 e. The number of thiophene rings is 1. The molecule has 0 saturated carbocycles. The molecular weight excluding hydrogens is 323 g/mol. The molecule has 1 atom stereocenters. The third-order valence-electron chi connectivity index (χ3n) is 2.18. The lowest BCUT2D eigenvalue weighted by Crippen LogP contribution is -2.29. The summed E-state index contributed by atoms with van der Waals surface area (Å²) in [5.41, 5.74) is 4.02. The highest BCUT2D eigenvalue weighted by atomic mass is 127. The summed E-state index contributed by atoms with van der Waals surface area (Å²) >= 11 is 4.03. The Kier molecular flexibility index (Phi) is 3.79. The van der Waals surface area contributed by atoms with Gasteiger partial charge in [0.25, 0.3) is 0 Å². The zero-order valence-electron chi connectivity index (χ0n) is 7.94. The van der Waals surface area contributed by atoms with Gasteiger partial charge in [0.15, 0.2) is 0 Å². The van der Waals surface area contributed by atoms with E-state index in [1.165, 1.54) is 8.45 Å². The lowest BCUT2D eigenvalue weighted by Gasteiger charge is -2.12. The molecule has 0 aliphatic carbocycles. The van der Waals surface area contributed by atoms with Crippen LogP contribution in [0.4, 0.5) is 0 Å². The molecule has 15 heavy (non-hydrogen) atoms. The number of nitrogens with one attached hydrogen (secondary N) is 1. The normalized spacial score (nSPS) is 12.9. The molecule has 0 radical (unpaired) electrons. The molecule has 0 spiro atoms. The quantitative estimate of drug-likeness (QED) is 0.514. The summed E-state index contributed by atoms with van der Waals surface area (Å²) in [6, 6.07) is 6.11. The average molecular weight is 334 g/mol. The highest BCUT2D eigenvalue weighted by molar-refractivity contribution is 14.1. The summed E-state index contributed by atoms with van der Waals surface area (Å²) in [4.78, 5) is 0. The SMILES string of the molecule is NNC(Cc1ccco1)c1csc(I)c1. The fraction of sp³-hybridized carbons (Fsp3) is 0.200. The van der Waals surface area contributed by atoms with Gasteiger partial charge in [-0.05, 0) is 51.7 Å². The third kappa shape index (κ3) is 2.81. The van der Waals surface area contributed by atoms with Crippen LogP contribution in [0.2, 0.25) is 0 Å². The van der Waals surface area contributed by atoms with Crippen molar-refractivity contribution in [3.8, 4) is 0 Å². The maximum absolute atomic E-state index is 5.54. The lowest BCUT2D eigenvalue weighted by atomic mass is 10.1. The van der Waals surface area contributed by atoms with Crippen LogP contribution in [0.25, 0.3) is 0 Å². The Labute approximate surface area is 106 Å². The van der Waals surface area contributed by atoms with Crippen LogP contribution in [0.1, 0.15) is 17.4 Å². The number of halogens is 1. The maximum Gasteiger partial charge on any atom is 0.105 e. The van der Waals surface area contributed by atoms with E-state index in [1.54, 1.807) is 17.6 Å². The van der Waals surface area contributed by atoms with Gasteiger partial charge in [-0.3, -0.25) is 11.3 Å². The monoisotopic (exact) mass is 334 g/mol. The second kappa shape index (κ2) is 5.11. The molecule has 0 aromatic carbocycles. The molecule has 2 aromatic heterocycles. The Bertz CT molecular complexity index is 413. The summed E-state index contributed by atoms with van der Waals surface area (Å²) in [7, 11) is 0. The third-order valence-corrected chi connectivity index (χ3v) is 3.98. The maximum atomic E-state index is 5.54. The topological polar surface area (TPSA) is 51.2 Å². The molecule has 5 heteroatoms. The molecule has 2 heterocycles. The van der Waals surface area contributed by atoms with Gasteiger partial charge >= 0.3 is 0 Å². The Hall–Kier alpha value is -0.370. The molecule has 0 bridgehead atoms. The van der Waals surface area contributed by atoms with Gasteiger partial charge in [-0.15, -0.1) is 11.3 Å². The van der Waals surface area contributed by atoms with Crippen LogP contribution >= 0.6 is 33.9 Å². The van der Waals surface area contributed by atoms with E-state index in [4.69, 9.17) is 10.3 Å². The smallest absolute Gasteiger partial charge is 0.105 e. The average Bonchev–Trinajstić information content (AvgIpc) is 2.85. The van der Waals surface area contributed by atoms with Crippen LogP contribution in [0.5, 0.6) is 0 Å². The Morgan fingerprint density at radius 1 is 1.60 bits per heavy atom. The molecule has 3 nitrogen and oxygen atoms in total. The van der Waals surface area contributed by atoms with Crippen molar-refractivity contribution in [3.05, 3.63) is 44.0 Å². The number of hydrogen-bond acceptors (Lipinski definition) is 4. The lowest BCUT2D eigenvalue weighted by molar-refractivity contribution is 0.455. The van der Waals surface area contributed by atoms with Gasteiger partial charge in [0.2, 0.25) is 0 Å². The van der Waals surface area contributed by atoms with Gasteiger partial charge in [-0.2, -0.15) is 0 Å². The van der Waals surface area contributed by atoms with Crippen molar-refractivity contribution in [2.75, 3.05) is 0 Å². The van der Waals surface area contributed by atoms with E-state index in [0.29, 0.717) is 0 Å². The van der Waals surface area contributed by atoms with E-state index in [1.807, 2.05) is 12.1 Å². The first-order chi connectivity index (χ1) is 7.29. The van der Waals surface area contributed by atoms with Crippen molar-refractivity contribution in [2.24, 2.45) is 5.84 Å². The fourth-order valence-electron chi connectivity index (χ4n) is 1.41. The molecule has 0 aliphatic rings. The first kappa shape index (κ1) is 11.1. The Balaban J connectivity index is 2.11. The molecule has 0 amide bonds. The van der Waals surface area contributed by atoms with Gasteiger partial charge in [0.05, 0.1) is 15.2 Å². The predicted octanol–water partition coefficient (Wildman–Crippen LogP) is 2.69. The van der Waals surface area contributed by atoms with Crippen LogP contribution in [0, 0.1) is 2.88 Å². The summed E-state index contributed by atoms with van der Waals surface area (Å²) in [5, 5.41) is 2.12. The predicted molar refractivity (Wildman–Crippen MR) is 69.5 cm³/mol. The van der Waals surface area contributed by atoms with Gasteiger partial charge in [-0.25, -0.2) is 0 Å². The van der Waals surface area contributed by atoms with Crippen molar-refractivity contribution in [3.63, 3.8) is 0 Å². The second-order valence-corrected chi connectivity index (χ2v) is 5.99. The van der Waals surface area contributed by atoms with E-state index in [0.717, 1.165) is 12.2 Å². The second-order valence-electron chi connectivity index (χ2n) is 3.19. The number of hydrazine groups is 1. The van der Waals surface area contributed by atoms with E-state index in [-0.39, 0.29) is 6.04 Å². The first-order valence-corrected chi connectivity index (χ1v) is 6.48. The van der Waals surface area contributed by atoms with E-state index < -0.39 is 0 Å². The number of rotatable bonds is 4. The van der Waals surface area contributed by atoms with Crippen LogP contribution in [-0.2, 0) is 6.42 Å². The number of hydrogen-bond donors (Lipinski definition) is 2. The van der Waals surface area contributed by atoms with Crippen molar-refractivity contribution in [2.45, 2.75) is 12.5 Å². The Morgan fingerprint density at radius 2 is 2.47 bits per heavy atom. The first-order valence-electron chi connectivity index (χ1n) is 4.52. The van der Waals surface area contributed by atoms with Crippen molar-refractivity contribution >= 4 is 33.9 Å². The highest BCUT2D eigenvalue weighted by Gasteiger charge is 2.13. The van der Waals surface area contributed by atoms with E-state index in [2.05, 4.69) is 39.5 Å². The number of furan rings is 1. The van der Waals surface area contributed by atoms with Crippen LogP contribution < -0.4 is 11.3 Å². The van der Waals surface area contributed by atoms with Gasteiger partial charge in [0.1, 0.15) is 5.76 Å². The summed E-state index contributed by atoms with van der Waals surface area (Å²) < 4.78 is 6.57. The van der Waals surface area contributed by atoms with E-state index in [9.17, 15) is 0 Å². The minimum Gasteiger partial charge on any atom is -0.469 e. The minimum atomic E-state index is 0.121. The van der Waals surface area contributed by atoms with Crippen molar-refractivity contribution in [1.82, 2.24) is 5.43 Å². The molecule has 2 aromatic rings.